The molecule has 0 aliphatic carbocycles. The van der Waals surface area contributed by atoms with Gasteiger partial charge in [0.05, 0.1) is 34.9 Å². The van der Waals surface area contributed by atoms with E-state index in [0.29, 0.717) is 29.5 Å². The maximum absolute atomic E-state index is 12.5. The van der Waals surface area contributed by atoms with Crippen molar-refractivity contribution < 1.29 is 28.7 Å². The Hall–Kier alpha value is -3.26. The average molecular weight is 416 g/mol. The lowest BCUT2D eigenvalue weighted by atomic mass is 10.2. The van der Waals surface area contributed by atoms with Crippen LogP contribution in [0.4, 0.5) is 5.69 Å². The van der Waals surface area contributed by atoms with Gasteiger partial charge in [0, 0.05) is 24.4 Å². The highest BCUT2D eigenvalue weighted by Crippen LogP contribution is 2.27. The second kappa shape index (κ2) is 11.1. The van der Waals surface area contributed by atoms with E-state index in [0.717, 1.165) is 10.5 Å². The molecule has 2 aromatic rings. The van der Waals surface area contributed by atoms with Gasteiger partial charge >= 0.3 is 0 Å². The lowest BCUT2D eigenvalue weighted by Crippen LogP contribution is -3.08. The van der Waals surface area contributed by atoms with Crippen LogP contribution >= 0.6 is 0 Å². The van der Waals surface area contributed by atoms with Crippen molar-refractivity contribution in [2.75, 3.05) is 53.8 Å². The van der Waals surface area contributed by atoms with Gasteiger partial charge in [0.15, 0.2) is 18.0 Å². The molecule has 0 bridgehead atoms. The predicted octanol–water partition coefficient (Wildman–Crippen LogP) is 0.824. The highest BCUT2D eigenvalue weighted by Gasteiger charge is 2.18. The highest BCUT2D eigenvalue weighted by molar-refractivity contribution is 5.94. The van der Waals surface area contributed by atoms with Crippen molar-refractivity contribution in [2.24, 2.45) is 0 Å². The molecule has 0 aromatic heterocycles. The van der Waals surface area contributed by atoms with Crippen LogP contribution in [-0.4, -0.2) is 65.2 Å². The van der Waals surface area contributed by atoms with E-state index in [1.54, 1.807) is 52.6 Å². The molecule has 30 heavy (non-hydrogen) atoms. The zero-order valence-electron chi connectivity index (χ0n) is 18.2. The van der Waals surface area contributed by atoms with E-state index in [9.17, 15) is 9.59 Å². The number of quaternary nitrogens is 1. The van der Waals surface area contributed by atoms with Crippen molar-refractivity contribution in [1.29, 1.82) is 0 Å². The number of hydrogen-bond acceptors (Lipinski definition) is 5. The molecule has 0 radical (unpaired) electrons. The first-order valence-electron chi connectivity index (χ1n) is 9.56. The van der Waals surface area contributed by atoms with Crippen molar-refractivity contribution >= 4 is 17.5 Å². The Morgan fingerprint density at radius 3 is 2.40 bits per heavy atom. The first kappa shape index (κ1) is 23.0. The summed E-state index contributed by atoms with van der Waals surface area (Å²) in [5.74, 6) is 1.58. The van der Waals surface area contributed by atoms with Crippen LogP contribution in [0.5, 0.6) is 17.2 Å². The predicted molar refractivity (Wildman–Crippen MR) is 114 cm³/mol. The molecule has 0 spiro atoms. The average Bonchev–Trinajstić information content (AvgIpc) is 2.73. The Kier molecular flexibility index (Phi) is 8.49. The van der Waals surface area contributed by atoms with Crippen LogP contribution in [0.2, 0.25) is 0 Å². The molecule has 0 saturated carbocycles. The monoisotopic (exact) mass is 416 g/mol. The Bertz CT molecular complexity index is 872. The van der Waals surface area contributed by atoms with Gasteiger partial charge in [-0.15, -0.1) is 0 Å². The third-order valence-electron chi connectivity index (χ3n) is 4.57. The van der Waals surface area contributed by atoms with Gasteiger partial charge < -0.3 is 29.3 Å². The number of methoxy groups -OCH3 is 3. The molecule has 0 fully saturated rings. The second-order valence-corrected chi connectivity index (χ2v) is 7.03. The number of nitrogens with one attached hydrogen (secondary N) is 2. The molecule has 2 rings (SSSR count). The summed E-state index contributed by atoms with van der Waals surface area (Å²) < 4.78 is 15.7. The summed E-state index contributed by atoms with van der Waals surface area (Å²) >= 11 is 0. The third kappa shape index (κ3) is 6.66. The summed E-state index contributed by atoms with van der Waals surface area (Å²) in [7, 11) is 8.30. The zero-order valence-corrected chi connectivity index (χ0v) is 18.2. The Morgan fingerprint density at radius 2 is 1.73 bits per heavy atom. The van der Waals surface area contributed by atoms with Gasteiger partial charge in [-0.2, -0.15) is 0 Å². The minimum atomic E-state index is -0.267. The lowest BCUT2D eigenvalue weighted by molar-refractivity contribution is -0.885. The Labute approximate surface area is 177 Å². The van der Waals surface area contributed by atoms with E-state index in [4.69, 9.17) is 14.2 Å². The summed E-state index contributed by atoms with van der Waals surface area (Å²) in [6, 6.07) is 12.8. The molecule has 2 N–H and O–H groups in total. The van der Waals surface area contributed by atoms with Crippen LogP contribution in [0.25, 0.3) is 0 Å². The number of ether oxygens (including phenoxy) is 3. The fraction of sp³-hybridized carbons (Fsp3) is 0.364. The number of carbonyl (C=O) groups excluding carboxylic acids is 2. The molecule has 2 amide bonds. The van der Waals surface area contributed by atoms with E-state index in [2.05, 4.69) is 5.32 Å². The van der Waals surface area contributed by atoms with E-state index in [-0.39, 0.29) is 24.9 Å². The van der Waals surface area contributed by atoms with Crippen LogP contribution in [0.15, 0.2) is 42.5 Å². The number of benzene rings is 2. The van der Waals surface area contributed by atoms with Gasteiger partial charge in [0.1, 0.15) is 12.3 Å². The van der Waals surface area contributed by atoms with Crippen molar-refractivity contribution in [1.82, 2.24) is 4.90 Å². The number of hydrogen-bond donors (Lipinski definition) is 2. The molecule has 8 nitrogen and oxygen atoms in total. The van der Waals surface area contributed by atoms with Crippen LogP contribution in [0, 0.1) is 0 Å². The zero-order chi connectivity index (χ0) is 22.1. The van der Waals surface area contributed by atoms with Crippen molar-refractivity contribution in [3.05, 3.63) is 48.0 Å². The first-order chi connectivity index (χ1) is 14.4. The van der Waals surface area contributed by atoms with Crippen LogP contribution < -0.4 is 24.4 Å². The highest BCUT2D eigenvalue weighted by atomic mass is 16.5. The van der Waals surface area contributed by atoms with E-state index < -0.39 is 0 Å². The van der Waals surface area contributed by atoms with Gasteiger partial charge in [0.25, 0.3) is 5.91 Å². The Morgan fingerprint density at radius 1 is 1.00 bits per heavy atom. The normalized spacial score (nSPS) is 11.4. The molecule has 0 aliphatic heterocycles. The molecule has 2 aromatic carbocycles. The van der Waals surface area contributed by atoms with E-state index in [1.165, 1.54) is 4.90 Å². The SMILES string of the molecule is COc1cccc(NC(=O)CN(C)C(=O)C[NH+](C)Cc2ccc(OC)c(OC)c2)c1. The fourth-order valence-electron chi connectivity index (χ4n) is 3.00. The van der Waals surface area contributed by atoms with Gasteiger partial charge in [0.2, 0.25) is 5.91 Å². The minimum Gasteiger partial charge on any atom is -0.497 e. The summed E-state index contributed by atoms with van der Waals surface area (Å²) in [5.41, 5.74) is 1.65. The molecule has 162 valence electrons. The van der Waals surface area contributed by atoms with Gasteiger partial charge in [-0.05, 0) is 30.3 Å². The molecule has 0 saturated heterocycles. The summed E-state index contributed by atoms with van der Waals surface area (Å²) in [6.45, 7) is 0.868. The maximum atomic E-state index is 12.5. The fourth-order valence-corrected chi connectivity index (χ4v) is 3.00. The van der Waals surface area contributed by atoms with E-state index >= 15 is 0 Å². The van der Waals surface area contributed by atoms with Gasteiger partial charge in [-0.25, -0.2) is 0 Å². The van der Waals surface area contributed by atoms with Gasteiger partial charge in [-0.1, -0.05) is 6.07 Å². The largest absolute Gasteiger partial charge is 0.497 e. The number of nitrogens with zero attached hydrogens (tertiary/aromatic N) is 1. The second-order valence-electron chi connectivity index (χ2n) is 7.03. The minimum absolute atomic E-state index is 0.0281. The maximum Gasteiger partial charge on any atom is 0.277 e. The number of carbonyl (C=O) groups is 2. The topological polar surface area (TPSA) is 81.5 Å². The summed E-state index contributed by atoms with van der Waals surface area (Å²) in [4.78, 5) is 27.2. The number of amides is 2. The molecule has 8 heteroatoms. The number of likely N-dealkylation sites (N-methyl/N-ethyl adjacent to an activating group) is 2. The quantitative estimate of drug-likeness (QED) is 0.600. The van der Waals surface area contributed by atoms with E-state index in [1.807, 2.05) is 25.2 Å². The summed E-state index contributed by atoms with van der Waals surface area (Å²) in [6.07, 6.45) is 0. The molecule has 1 unspecified atom stereocenters. The van der Waals surface area contributed by atoms with Crippen molar-refractivity contribution in [2.45, 2.75) is 6.54 Å². The van der Waals surface area contributed by atoms with Crippen LogP contribution in [0.1, 0.15) is 5.56 Å². The van der Waals surface area contributed by atoms with Crippen molar-refractivity contribution in [3.8, 4) is 17.2 Å². The van der Waals surface area contributed by atoms with Gasteiger partial charge in [-0.3, -0.25) is 9.59 Å². The number of anilines is 1. The lowest BCUT2D eigenvalue weighted by Gasteiger charge is -2.20. The molecular weight excluding hydrogens is 386 g/mol. The third-order valence-corrected chi connectivity index (χ3v) is 4.57. The first-order valence-corrected chi connectivity index (χ1v) is 9.56. The number of rotatable bonds is 10. The van der Waals surface area contributed by atoms with Crippen molar-refractivity contribution in [3.63, 3.8) is 0 Å². The molecule has 0 aliphatic rings. The smallest absolute Gasteiger partial charge is 0.277 e. The molecule has 0 heterocycles. The standard InChI is InChI=1S/C22H29N3O5/c1-24(13-16-9-10-19(29-4)20(11-16)30-5)15-22(27)25(2)14-21(26)23-17-7-6-8-18(12-17)28-3/h6-12H,13-15H2,1-5H3,(H,23,26)/p+1. The summed E-state index contributed by atoms with van der Waals surface area (Å²) in [5, 5.41) is 2.77. The van der Waals surface area contributed by atoms with Crippen LogP contribution in [0.3, 0.4) is 0 Å². The van der Waals surface area contributed by atoms with Crippen LogP contribution in [-0.2, 0) is 16.1 Å². The molecular formula is C22H30N3O5+. The Balaban J connectivity index is 1.86. The molecule has 1 atom stereocenters.